The van der Waals surface area contributed by atoms with Gasteiger partial charge in [0, 0.05) is 12.6 Å². The lowest BCUT2D eigenvalue weighted by atomic mass is 9.76. The highest BCUT2D eigenvalue weighted by atomic mass is 16.5. The third-order valence-corrected chi connectivity index (χ3v) is 4.32. The number of carbonyl (C=O) groups is 1. The van der Waals surface area contributed by atoms with Gasteiger partial charge in [0.15, 0.2) is 0 Å². The van der Waals surface area contributed by atoms with Crippen LogP contribution in [0.15, 0.2) is 0 Å². The molecular weight excluding hydrogens is 228 g/mol. The van der Waals surface area contributed by atoms with Crippen LogP contribution in [0.2, 0.25) is 0 Å². The van der Waals surface area contributed by atoms with Gasteiger partial charge in [0.2, 0.25) is 5.91 Å². The molecule has 18 heavy (non-hydrogen) atoms. The van der Waals surface area contributed by atoms with Crippen molar-refractivity contribution < 1.29 is 9.53 Å². The molecular formula is C14H26N2O2. The van der Waals surface area contributed by atoms with Crippen LogP contribution in [0.3, 0.4) is 0 Å². The smallest absolute Gasteiger partial charge is 0.240 e. The Kier molecular flexibility index (Phi) is 4.28. The number of hydrogen-bond donors (Lipinski definition) is 2. The summed E-state index contributed by atoms with van der Waals surface area (Å²) in [4.78, 5) is 12.3. The third kappa shape index (κ3) is 3.04. The van der Waals surface area contributed by atoms with E-state index in [1.54, 1.807) is 0 Å². The molecule has 0 heterocycles. The van der Waals surface area contributed by atoms with E-state index in [-0.39, 0.29) is 11.9 Å². The second-order valence-electron chi connectivity index (χ2n) is 6.08. The summed E-state index contributed by atoms with van der Waals surface area (Å²) in [5, 5.41) is 3.09. The van der Waals surface area contributed by atoms with Gasteiger partial charge in [-0.15, -0.1) is 0 Å². The highest BCUT2D eigenvalue weighted by Crippen LogP contribution is 2.31. The predicted molar refractivity (Wildman–Crippen MR) is 71.1 cm³/mol. The van der Waals surface area contributed by atoms with Crippen molar-refractivity contribution in [2.45, 2.75) is 70.1 Å². The first kappa shape index (κ1) is 13.8. The topological polar surface area (TPSA) is 64.3 Å². The van der Waals surface area contributed by atoms with Crippen LogP contribution in [0.4, 0.5) is 0 Å². The average molecular weight is 254 g/mol. The third-order valence-electron chi connectivity index (χ3n) is 4.32. The van der Waals surface area contributed by atoms with Gasteiger partial charge in [0.05, 0.1) is 11.6 Å². The van der Waals surface area contributed by atoms with Crippen LogP contribution in [0, 0.1) is 5.92 Å². The van der Waals surface area contributed by atoms with Gasteiger partial charge in [-0.1, -0.05) is 19.8 Å². The van der Waals surface area contributed by atoms with Crippen molar-refractivity contribution in [3.63, 3.8) is 0 Å². The largest absolute Gasteiger partial charge is 0.378 e. The standard InChI is InChI=1S/C14H26N2O2/c1-3-18-12-7-11(8-12)16-13(17)14(15)6-4-5-10(2)9-14/h10-12H,3-9,15H2,1-2H3,(H,16,17). The Morgan fingerprint density at radius 2 is 2.22 bits per heavy atom. The number of ether oxygens (including phenoxy) is 1. The van der Waals surface area contributed by atoms with Crippen molar-refractivity contribution in [2.24, 2.45) is 11.7 Å². The SMILES string of the molecule is CCOC1CC(NC(=O)C2(N)CCCC(C)C2)C1. The van der Waals surface area contributed by atoms with Crippen LogP contribution in [0.1, 0.15) is 52.4 Å². The zero-order valence-electron chi connectivity index (χ0n) is 11.6. The summed E-state index contributed by atoms with van der Waals surface area (Å²) in [6.07, 6.45) is 6.11. The van der Waals surface area contributed by atoms with Gasteiger partial charge in [0.25, 0.3) is 0 Å². The molecule has 2 unspecified atom stereocenters. The van der Waals surface area contributed by atoms with E-state index in [0.717, 1.165) is 38.7 Å². The lowest BCUT2D eigenvalue weighted by Gasteiger charge is -2.40. The molecule has 2 atom stereocenters. The van der Waals surface area contributed by atoms with Crippen molar-refractivity contribution in [2.75, 3.05) is 6.61 Å². The molecule has 4 heteroatoms. The van der Waals surface area contributed by atoms with E-state index in [0.29, 0.717) is 12.0 Å². The van der Waals surface area contributed by atoms with E-state index in [2.05, 4.69) is 12.2 Å². The zero-order valence-corrected chi connectivity index (χ0v) is 11.6. The highest BCUT2D eigenvalue weighted by molar-refractivity contribution is 5.86. The normalized spacial score (nSPS) is 40.1. The van der Waals surface area contributed by atoms with Crippen molar-refractivity contribution in [3.05, 3.63) is 0 Å². The minimum Gasteiger partial charge on any atom is -0.378 e. The maximum absolute atomic E-state index is 12.3. The first-order valence-electron chi connectivity index (χ1n) is 7.25. The number of nitrogens with two attached hydrogens (primary N) is 1. The Balaban J connectivity index is 1.78. The van der Waals surface area contributed by atoms with Crippen molar-refractivity contribution in [1.29, 1.82) is 0 Å². The van der Waals surface area contributed by atoms with Gasteiger partial charge < -0.3 is 15.8 Å². The molecule has 2 fully saturated rings. The number of hydrogen-bond acceptors (Lipinski definition) is 3. The predicted octanol–water partition coefficient (Wildman–Crippen LogP) is 1.58. The quantitative estimate of drug-likeness (QED) is 0.800. The van der Waals surface area contributed by atoms with Crippen molar-refractivity contribution in [3.8, 4) is 0 Å². The fourth-order valence-corrected chi connectivity index (χ4v) is 3.18. The first-order chi connectivity index (χ1) is 8.53. The van der Waals surface area contributed by atoms with Crippen LogP contribution < -0.4 is 11.1 Å². The summed E-state index contributed by atoms with van der Waals surface area (Å²) in [6.45, 7) is 4.94. The molecule has 2 rings (SSSR count). The second kappa shape index (κ2) is 5.57. The molecule has 0 saturated heterocycles. The van der Waals surface area contributed by atoms with Crippen LogP contribution in [0.25, 0.3) is 0 Å². The van der Waals surface area contributed by atoms with E-state index in [9.17, 15) is 4.79 Å². The van der Waals surface area contributed by atoms with Gasteiger partial charge in [-0.05, 0) is 38.5 Å². The van der Waals surface area contributed by atoms with Gasteiger partial charge in [-0.3, -0.25) is 4.79 Å². The van der Waals surface area contributed by atoms with Gasteiger partial charge in [0.1, 0.15) is 0 Å². The molecule has 2 saturated carbocycles. The first-order valence-corrected chi connectivity index (χ1v) is 7.25. The van der Waals surface area contributed by atoms with E-state index >= 15 is 0 Å². The van der Waals surface area contributed by atoms with E-state index in [1.165, 1.54) is 6.42 Å². The minimum absolute atomic E-state index is 0.0500. The summed E-state index contributed by atoms with van der Waals surface area (Å²) in [5.74, 6) is 0.612. The zero-order chi connectivity index (χ0) is 13.2. The summed E-state index contributed by atoms with van der Waals surface area (Å²) < 4.78 is 5.49. The van der Waals surface area contributed by atoms with Crippen molar-refractivity contribution >= 4 is 5.91 Å². The van der Waals surface area contributed by atoms with Gasteiger partial charge in [-0.2, -0.15) is 0 Å². The summed E-state index contributed by atoms with van der Waals surface area (Å²) in [6, 6.07) is 0.270. The van der Waals surface area contributed by atoms with E-state index in [1.807, 2.05) is 6.92 Å². The van der Waals surface area contributed by atoms with Gasteiger partial charge >= 0.3 is 0 Å². The summed E-state index contributed by atoms with van der Waals surface area (Å²) in [7, 11) is 0. The maximum atomic E-state index is 12.3. The minimum atomic E-state index is -0.631. The Hall–Kier alpha value is -0.610. The molecule has 0 radical (unpaired) electrons. The average Bonchev–Trinajstić information content (AvgIpc) is 2.25. The molecule has 104 valence electrons. The monoisotopic (exact) mass is 254 g/mol. The summed E-state index contributed by atoms with van der Waals surface area (Å²) >= 11 is 0. The molecule has 0 aromatic carbocycles. The molecule has 0 bridgehead atoms. The van der Waals surface area contributed by atoms with E-state index in [4.69, 9.17) is 10.5 Å². The molecule has 1 amide bonds. The van der Waals surface area contributed by atoms with E-state index < -0.39 is 5.54 Å². The second-order valence-corrected chi connectivity index (χ2v) is 6.08. The molecule has 2 aliphatic carbocycles. The number of rotatable bonds is 4. The number of carbonyl (C=O) groups excluding carboxylic acids is 1. The molecule has 0 aromatic rings. The lowest BCUT2D eigenvalue weighted by Crippen LogP contribution is -2.60. The molecule has 0 spiro atoms. The molecule has 2 aliphatic rings. The Morgan fingerprint density at radius 3 is 2.83 bits per heavy atom. The fraction of sp³-hybridized carbons (Fsp3) is 0.929. The molecule has 0 aromatic heterocycles. The highest BCUT2D eigenvalue weighted by Gasteiger charge is 2.40. The van der Waals surface area contributed by atoms with Crippen LogP contribution in [0.5, 0.6) is 0 Å². The number of amides is 1. The summed E-state index contributed by atoms with van der Waals surface area (Å²) in [5.41, 5.74) is 5.64. The van der Waals surface area contributed by atoms with Crippen LogP contribution >= 0.6 is 0 Å². The Bertz CT molecular complexity index is 302. The van der Waals surface area contributed by atoms with Crippen LogP contribution in [-0.4, -0.2) is 30.2 Å². The van der Waals surface area contributed by atoms with Crippen molar-refractivity contribution in [1.82, 2.24) is 5.32 Å². The molecule has 4 nitrogen and oxygen atoms in total. The fourth-order valence-electron chi connectivity index (χ4n) is 3.18. The lowest BCUT2D eigenvalue weighted by molar-refractivity contribution is -0.130. The Labute approximate surface area is 110 Å². The van der Waals surface area contributed by atoms with Crippen LogP contribution in [-0.2, 0) is 9.53 Å². The Morgan fingerprint density at radius 1 is 1.50 bits per heavy atom. The maximum Gasteiger partial charge on any atom is 0.240 e. The van der Waals surface area contributed by atoms with Gasteiger partial charge in [-0.25, -0.2) is 0 Å². The number of nitrogens with one attached hydrogen (secondary N) is 1. The molecule has 3 N–H and O–H groups in total. The molecule has 0 aliphatic heterocycles.